The van der Waals surface area contributed by atoms with Gasteiger partial charge in [-0.1, -0.05) is 84.4 Å². The number of aromatic nitrogens is 2. The smallest absolute Gasteiger partial charge is 0.391 e. The van der Waals surface area contributed by atoms with E-state index in [9.17, 15) is 9.59 Å². The zero-order valence-corrected chi connectivity index (χ0v) is 24.5. The summed E-state index contributed by atoms with van der Waals surface area (Å²) in [5, 5.41) is 6.02. The molecule has 218 valence electrons. The largest absolute Gasteiger partial charge is 0.414 e. The Morgan fingerprint density at radius 3 is 2.05 bits per heavy atom. The molecule has 0 saturated carbocycles. The fourth-order valence-corrected chi connectivity index (χ4v) is 5.75. The number of piperidine rings is 1. The Labute approximate surface area is 251 Å². The van der Waals surface area contributed by atoms with E-state index in [0.29, 0.717) is 36.2 Å². The predicted octanol–water partition coefficient (Wildman–Crippen LogP) is 5.39. The molecule has 9 heteroatoms. The number of nitrogens with zero attached hydrogens (tertiary/aromatic N) is 3. The van der Waals surface area contributed by atoms with Crippen LogP contribution in [0.5, 0.6) is 5.88 Å². The number of likely N-dealkylation sites (tertiary alicyclic amines) is 1. The van der Waals surface area contributed by atoms with Crippen LogP contribution in [0.1, 0.15) is 42.1 Å². The Balaban J connectivity index is 1.32. The minimum Gasteiger partial charge on any atom is -0.391 e. The summed E-state index contributed by atoms with van der Waals surface area (Å²) >= 11 is 6.08. The van der Waals surface area contributed by atoms with Crippen molar-refractivity contribution in [3.8, 4) is 5.88 Å². The fourth-order valence-electron chi connectivity index (χ4n) is 5.63. The summed E-state index contributed by atoms with van der Waals surface area (Å²) in [7, 11) is 0. The first-order valence-electron chi connectivity index (χ1n) is 14.2. The number of imidazole rings is 1. The van der Waals surface area contributed by atoms with E-state index in [1.807, 2.05) is 28.8 Å². The highest BCUT2D eigenvalue weighted by Gasteiger charge is 2.38. The number of carbonyl (C=O) groups excluding carboxylic acids is 2. The van der Waals surface area contributed by atoms with E-state index in [4.69, 9.17) is 16.3 Å². The molecule has 1 fully saturated rings. The van der Waals surface area contributed by atoms with Crippen molar-refractivity contribution in [3.63, 3.8) is 0 Å². The fraction of sp³-hybridized carbons (Fsp3) is 0.303. The third-order valence-electron chi connectivity index (χ3n) is 7.82. The number of carbonyl (C=O) groups is 2. The molecule has 0 atom stereocenters. The summed E-state index contributed by atoms with van der Waals surface area (Å²) < 4.78 is 7.67. The highest BCUT2D eigenvalue weighted by Crippen LogP contribution is 2.42. The molecule has 1 saturated heterocycles. The van der Waals surface area contributed by atoms with Crippen molar-refractivity contribution in [2.75, 3.05) is 26.2 Å². The Bertz CT molecular complexity index is 1430. The average molecular weight is 586 g/mol. The first-order valence-corrected chi connectivity index (χ1v) is 14.6. The molecule has 1 aromatic heterocycles. The summed E-state index contributed by atoms with van der Waals surface area (Å²) in [6.07, 6.45) is 3.05. The molecule has 2 N–H and O–H groups in total. The minimum atomic E-state index is -0.592. The van der Waals surface area contributed by atoms with E-state index in [1.165, 1.54) is 18.1 Å². The first-order chi connectivity index (χ1) is 20.4. The lowest BCUT2D eigenvalue weighted by atomic mass is 9.68. The van der Waals surface area contributed by atoms with Gasteiger partial charge < -0.3 is 15.4 Å². The molecule has 0 spiro atoms. The van der Waals surface area contributed by atoms with Crippen LogP contribution in [-0.4, -0.2) is 52.6 Å². The Hall–Kier alpha value is -4.14. The van der Waals surface area contributed by atoms with Gasteiger partial charge in [-0.25, -0.2) is 9.78 Å². The summed E-state index contributed by atoms with van der Waals surface area (Å²) in [5.74, 6) is 0.253. The van der Waals surface area contributed by atoms with Crippen molar-refractivity contribution >= 4 is 23.6 Å². The molecule has 1 aliphatic rings. The van der Waals surface area contributed by atoms with Crippen LogP contribution in [0.4, 0.5) is 4.79 Å². The second-order valence-electron chi connectivity index (χ2n) is 10.6. The molecule has 3 aromatic carbocycles. The number of halogens is 1. The van der Waals surface area contributed by atoms with Gasteiger partial charge in [0, 0.05) is 37.0 Å². The van der Waals surface area contributed by atoms with E-state index in [0.717, 1.165) is 31.5 Å². The molecular weight excluding hydrogens is 550 g/mol. The van der Waals surface area contributed by atoms with Crippen molar-refractivity contribution in [1.29, 1.82) is 0 Å². The maximum Gasteiger partial charge on any atom is 0.414 e. The lowest BCUT2D eigenvalue weighted by molar-refractivity contribution is -0.118. The van der Waals surface area contributed by atoms with Gasteiger partial charge in [0.25, 0.3) is 0 Å². The van der Waals surface area contributed by atoms with Gasteiger partial charge in [-0.2, -0.15) is 0 Å². The van der Waals surface area contributed by atoms with E-state index in [2.05, 4.69) is 81.2 Å². The molecule has 5 rings (SSSR count). The van der Waals surface area contributed by atoms with Gasteiger partial charge in [0.05, 0.1) is 12.9 Å². The summed E-state index contributed by atoms with van der Waals surface area (Å²) in [5.41, 5.74) is 4.33. The van der Waals surface area contributed by atoms with Crippen molar-refractivity contribution < 1.29 is 14.3 Å². The van der Waals surface area contributed by atoms with E-state index >= 15 is 0 Å². The number of ether oxygens (including phenoxy) is 1. The third kappa shape index (κ3) is 7.19. The van der Waals surface area contributed by atoms with Gasteiger partial charge in [0.2, 0.25) is 11.8 Å². The number of nitrogens with one attached hydrogen (secondary N) is 2. The SMILES string of the molecule is CC(=O)NCCNC(=O)Oc1c(CN2CCC(c3ccccc3)(c3ccccc3)CC2)ncn1Cc1ccc(Cl)cc1. The highest BCUT2D eigenvalue weighted by molar-refractivity contribution is 6.30. The highest BCUT2D eigenvalue weighted by atomic mass is 35.5. The molecule has 0 unspecified atom stereocenters. The standard InChI is InChI=1S/C33H36ClN5O3/c1-25(40)35-18-19-36-32(41)42-31-30(37-24-39(31)22-26-12-14-29(34)15-13-26)23-38-20-16-33(17-21-38,27-8-4-2-5-9-27)28-10-6-3-7-11-28/h2-15,24H,16-23H2,1H3,(H,35,40)(H,36,41). The molecule has 2 amide bonds. The van der Waals surface area contributed by atoms with E-state index in [-0.39, 0.29) is 17.9 Å². The van der Waals surface area contributed by atoms with Gasteiger partial charge in [0.15, 0.2) is 0 Å². The third-order valence-corrected chi connectivity index (χ3v) is 8.07. The van der Waals surface area contributed by atoms with Crippen molar-refractivity contribution in [2.45, 2.75) is 38.3 Å². The summed E-state index contributed by atoms with van der Waals surface area (Å²) in [4.78, 5) is 30.9. The lowest BCUT2D eigenvalue weighted by Gasteiger charge is -2.42. The molecular formula is C33H36ClN5O3. The van der Waals surface area contributed by atoms with Crippen LogP contribution < -0.4 is 15.4 Å². The molecule has 0 bridgehead atoms. The van der Waals surface area contributed by atoms with Gasteiger partial charge in [-0.3, -0.25) is 14.3 Å². The van der Waals surface area contributed by atoms with Crippen molar-refractivity contribution in [3.05, 3.63) is 119 Å². The summed E-state index contributed by atoms with van der Waals surface area (Å²) in [6, 6.07) is 29.1. The normalized spacial score (nSPS) is 14.7. The molecule has 1 aliphatic heterocycles. The number of hydrogen-bond donors (Lipinski definition) is 2. The van der Waals surface area contributed by atoms with Crippen LogP contribution in [0.15, 0.2) is 91.3 Å². The molecule has 8 nitrogen and oxygen atoms in total. The number of amides is 2. The quantitative estimate of drug-likeness (QED) is 0.244. The van der Waals surface area contributed by atoms with E-state index < -0.39 is 6.09 Å². The number of benzene rings is 3. The Kier molecular flexibility index (Phi) is 9.56. The number of rotatable bonds is 10. The first kappa shape index (κ1) is 29.4. The molecule has 0 radical (unpaired) electrons. The van der Waals surface area contributed by atoms with E-state index in [1.54, 1.807) is 6.33 Å². The van der Waals surface area contributed by atoms with Crippen LogP contribution in [0.2, 0.25) is 5.02 Å². The topological polar surface area (TPSA) is 88.5 Å². The maximum atomic E-state index is 12.7. The van der Waals surface area contributed by atoms with Crippen LogP contribution in [0, 0.1) is 0 Å². The second-order valence-corrected chi connectivity index (χ2v) is 11.1. The van der Waals surface area contributed by atoms with Gasteiger partial charge in [0.1, 0.15) is 5.69 Å². The second kappa shape index (κ2) is 13.7. The Morgan fingerprint density at radius 1 is 0.857 bits per heavy atom. The van der Waals surface area contributed by atoms with Gasteiger partial charge in [-0.15, -0.1) is 0 Å². The van der Waals surface area contributed by atoms with Crippen LogP contribution in [0.3, 0.4) is 0 Å². The lowest BCUT2D eigenvalue weighted by Crippen LogP contribution is -2.43. The molecule has 42 heavy (non-hydrogen) atoms. The molecule has 4 aromatic rings. The minimum absolute atomic E-state index is 0.0555. The van der Waals surface area contributed by atoms with Crippen molar-refractivity contribution in [1.82, 2.24) is 25.1 Å². The van der Waals surface area contributed by atoms with Gasteiger partial charge in [-0.05, 0) is 54.8 Å². The Morgan fingerprint density at radius 2 is 1.45 bits per heavy atom. The number of hydrogen-bond acceptors (Lipinski definition) is 5. The predicted molar refractivity (Wildman–Crippen MR) is 164 cm³/mol. The maximum absolute atomic E-state index is 12.7. The van der Waals surface area contributed by atoms with Crippen LogP contribution in [0.25, 0.3) is 0 Å². The zero-order valence-electron chi connectivity index (χ0n) is 23.8. The van der Waals surface area contributed by atoms with Crippen LogP contribution in [-0.2, 0) is 23.3 Å². The molecule has 2 heterocycles. The average Bonchev–Trinajstić information content (AvgIpc) is 3.37. The van der Waals surface area contributed by atoms with Gasteiger partial charge >= 0.3 is 6.09 Å². The molecule has 0 aliphatic carbocycles. The zero-order chi connectivity index (χ0) is 29.4. The summed E-state index contributed by atoms with van der Waals surface area (Å²) in [6.45, 7) is 4.79. The monoisotopic (exact) mass is 585 g/mol. The van der Waals surface area contributed by atoms with Crippen LogP contribution >= 0.6 is 11.6 Å². The van der Waals surface area contributed by atoms with Crippen molar-refractivity contribution in [2.24, 2.45) is 0 Å².